The van der Waals surface area contributed by atoms with Crippen molar-refractivity contribution in [3.05, 3.63) is 54.7 Å². The fourth-order valence-corrected chi connectivity index (χ4v) is 3.69. The molecule has 4 aromatic rings. The molecule has 5 rings (SSSR count). The van der Waals surface area contributed by atoms with Gasteiger partial charge in [-0.3, -0.25) is 0 Å². The van der Waals surface area contributed by atoms with E-state index in [1.165, 1.54) is 0 Å². The van der Waals surface area contributed by atoms with E-state index >= 15 is 0 Å². The van der Waals surface area contributed by atoms with E-state index in [9.17, 15) is 0 Å². The van der Waals surface area contributed by atoms with Gasteiger partial charge in [0.1, 0.15) is 17.3 Å². The Bertz CT molecular complexity index is 1220. The van der Waals surface area contributed by atoms with Crippen LogP contribution in [-0.2, 0) is 4.74 Å². The third-order valence-electron chi connectivity index (χ3n) is 5.37. The second-order valence-electron chi connectivity index (χ2n) is 7.29. The van der Waals surface area contributed by atoms with Gasteiger partial charge >= 0.3 is 0 Å². The number of para-hydroxylation sites is 1. The van der Waals surface area contributed by atoms with Crippen LogP contribution in [0.25, 0.3) is 16.7 Å². The molecule has 32 heavy (non-hydrogen) atoms. The molecule has 164 valence electrons. The lowest BCUT2D eigenvalue weighted by atomic mass is 10.2. The third kappa shape index (κ3) is 3.78. The highest BCUT2D eigenvalue weighted by Gasteiger charge is 2.20. The van der Waals surface area contributed by atoms with Crippen LogP contribution in [0.4, 0.5) is 17.5 Å². The number of anilines is 3. The lowest BCUT2D eigenvalue weighted by molar-refractivity contribution is 0.122. The number of hydrogen-bond acceptors (Lipinski definition) is 8. The quantitative estimate of drug-likeness (QED) is 0.496. The van der Waals surface area contributed by atoms with Crippen LogP contribution in [0.5, 0.6) is 11.5 Å². The second kappa shape index (κ2) is 8.72. The topological polar surface area (TPSA) is 86.6 Å². The minimum absolute atomic E-state index is 0.628. The molecular weight excluding hydrogens is 408 g/mol. The van der Waals surface area contributed by atoms with Crippen molar-refractivity contribution in [2.24, 2.45) is 0 Å². The lowest BCUT2D eigenvalue weighted by Gasteiger charge is -2.27. The van der Waals surface area contributed by atoms with Gasteiger partial charge in [0.05, 0.1) is 50.4 Å². The summed E-state index contributed by atoms with van der Waals surface area (Å²) in [4.78, 5) is 11.9. The van der Waals surface area contributed by atoms with E-state index < -0.39 is 0 Å². The Morgan fingerprint density at radius 2 is 1.78 bits per heavy atom. The normalized spacial score (nSPS) is 13.9. The molecule has 2 aromatic carbocycles. The molecule has 1 fully saturated rings. The Balaban J connectivity index is 1.65. The van der Waals surface area contributed by atoms with E-state index in [2.05, 4.69) is 15.3 Å². The number of nitrogens with zero attached hydrogens (tertiary/aromatic N) is 5. The maximum absolute atomic E-state index is 5.54. The minimum atomic E-state index is 0.628. The molecule has 1 aliphatic rings. The van der Waals surface area contributed by atoms with E-state index in [1.807, 2.05) is 53.2 Å². The second-order valence-corrected chi connectivity index (χ2v) is 7.29. The summed E-state index contributed by atoms with van der Waals surface area (Å²) >= 11 is 0. The summed E-state index contributed by atoms with van der Waals surface area (Å²) in [5, 5.41) is 8.83. The average molecular weight is 432 g/mol. The smallest absolute Gasteiger partial charge is 0.229 e. The van der Waals surface area contributed by atoms with Gasteiger partial charge < -0.3 is 24.4 Å². The van der Waals surface area contributed by atoms with E-state index in [0.29, 0.717) is 36.5 Å². The summed E-state index contributed by atoms with van der Waals surface area (Å²) < 4.78 is 18.3. The standard InChI is InChI=1S/C23H24N6O3/c1-30-17-8-9-20(31-2)19(14-17)25-21-18-15-24-29(16-6-4-3-5-7-16)22(18)27-23(26-21)28-10-12-32-13-11-28/h3-9,14-15H,10-13H2,1-2H3,(H,25,26,27). The summed E-state index contributed by atoms with van der Waals surface area (Å²) in [6.07, 6.45) is 1.78. The molecule has 1 N–H and O–H groups in total. The van der Waals surface area contributed by atoms with Crippen LogP contribution in [0.2, 0.25) is 0 Å². The number of methoxy groups -OCH3 is 2. The predicted molar refractivity (Wildman–Crippen MR) is 123 cm³/mol. The fourth-order valence-electron chi connectivity index (χ4n) is 3.69. The van der Waals surface area contributed by atoms with Crippen molar-refractivity contribution in [2.45, 2.75) is 0 Å². The summed E-state index contributed by atoms with van der Waals surface area (Å²) in [5.74, 6) is 2.67. The lowest BCUT2D eigenvalue weighted by Crippen LogP contribution is -2.37. The molecule has 2 aromatic heterocycles. The average Bonchev–Trinajstić information content (AvgIpc) is 3.29. The fraction of sp³-hybridized carbons (Fsp3) is 0.261. The summed E-state index contributed by atoms with van der Waals surface area (Å²) in [5.41, 5.74) is 2.39. The molecular formula is C23H24N6O3. The number of fused-ring (bicyclic) bond motifs is 1. The molecule has 9 heteroatoms. The largest absolute Gasteiger partial charge is 0.497 e. The first-order valence-electron chi connectivity index (χ1n) is 10.4. The molecule has 0 spiro atoms. The zero-order chi connectivity index (χ0) is 21.9. The van der Waals surface area contributed by atoms with Crippen molar-refractivity contribution in [3.63, 3.8) is 0 Å². The number of morpholine rings is 1. The first kappa shape index (κ1) is 20.1. The van der Waals surface area contributed by atoms with E-state index in [0.717, 1.165) is 35.5 Å². The van der Waals surface area contributed by atoms with Crippen LogP contribution in [0, 0.1) is 0 Å². The highest BCUT2D eigenvalue weighted by atomic mass is 16.5. The van der Waals surface area contributed by atoms with Crippen LogP contribution >= 0.6 is 0 Å². The molecule has 3 heterocycles. The van der Waals surface area contributed by atoms with Gasteiger partial charge in [0.25, 0.3) is 0 Å². The van der Waals surface area contributed by atoms with Crippen molar-refractivity contribution >= 4 is 28.5 Å². The van der Waals surface area contributed by atoms with Gasteiger partial charge in [-0.1, -0.05) is 18.2 Å². The SMILES string of the molecule is COc1ccc(OC)c(Nc2nc(N3CCOCC3)nc3c2cnn3-c2ccccc2)c1. The highest BCUT2D eigenvalue weighted by Crippen LogP contribution is 2.34. The van der Waals surface area contributed by atoms with Gasteiger partial charge in [0.15, 0.2) is 5.65 Å². The van der Waals surface area contributed by atoms with Crippen LogP contribution < -0.4 is 19.7 Å². The predicted octanol–water partition coefficient (Wildman–Crippen LogP) is 3.41. The van der Waals surface area contributed by atoms with Crippen LogP contribution in [0.3, 0.4) is 0 Å². The zero-order valence-electron chi connectivity index (χ0n) is 18.0. The number of benzene rings is 2. The van der Waals surface area contributed by atoms with Gasteiger partial charge in [-0.15, -0.1) is 0 Å². The molecule has 9 nitrogen and oxygen atoms in total. The first-order valence-corrected chi connectivity index (χ1v) is 10.4. The summed E-state index contributed by atoms with van der Waals surface area (Å²) in [7, 11) is 3.27. The molecule has 0 radical (unpaired) electrons. The molecule has 1 saturated heterocycles. The highest BCUT2D eigenvalue weighted by molar-refractivity contribution is 5.91. The van der Waals surface area contributed by atoms with E-state index in [-0.39, 0.29) is 0 Å². The number of ether oxygens (including phenoxy) is 3. The number of rotatable bonds is 6. The van der Waals surface area contributed by atoms with Crippen molar-refractivity contribution in [1.82, 2.24) is 19.7 Å². The molecule has 1 aliphatic heterocycles. The zero-order valence-corrected chi connectivity index (χ0v) is 18.0. The molecule has 0 unspecified atom stereocenters. The van der Waals surface area contributed by atoms with Crippen LogP contribution in [0.1, 0.15) is 0 Å². The van der Waals surface area contributed by atoms with Crippen LogP contribution in [-0.4, -0.2) is 60.3 Å². The number of hydrogen-bond donors (Lipinski definition) is 1. The Hall–Kier alpha value is -3.85. The van der Waals surface area contributed by atoms with Crippen molar-refractivity contribution < 1.29 is 14.2 Å². The summed E-state index contributed by atoms with van der Waals surface area (Å²) in [6, 6.07) is 15.5. The van der Waals surface area contributed by atoms with Gasteiger partial charge in [-0.05, 0) is 24.3 Å². The van der Waals surface area contributed by atoms with Crippen molar-refractivity contribution in [1.29, 1.82) is 0 Å². The van der Waals surface area contributed by atoms with E-state index in [1.54, 1.807) is 20.4 Å². The van der Waals surface area contributed by atoms with E-state index in [4.69, 9.17) is 24.2 Å². The molecule has 0 atom stereocenters. The molecule has 0 bridgehead atoms. The maximum atomic E-state index is 5.54. The number of nitrogens with one attached hydrogen (secondary N) is 1. The Morgan fingerprint density at radius 1 is 0.969 bits per heavy atom. The molecule has 0 saturated carbocycles. The third-order valence-corrected chi connectivity index (χ3v) is 5.37. The minimum Gasteiger partial charge on any atom is -0.497 e. The van der Waals surface area contributed by atoms with Crippen LogP contribution in [0.15, 0.2) is 54.7 Å². The maximum Gasteiger partial charge on any atom is 0.229 e. The number of aromatic nitrogens is 4. The Labute approximate surface area is 185 Å². The molecule has 0 aliphatic carbocycles. The molecule has 0 amide bonds. The van der Waals surface area contributed by atoms with Gasteiger partial charge in [0.2, 0.25) is 5.95 Å². The van der Waals surface area contributed by atoms with Gasteiger partial charge in [0, 0.05) is 19.2 Å². The monoisotopic (exact) mass is 432 g/mol. The van der Waals surface area contributed by atoms with Gasteiger partial charge in [-0.25, -0.2) is 4.68 Å². The van der Waals surface area contributed by atoms with Gasteiger partial charge in [-0.2, -0.15) is 15.1 Å². The Kier molecular flexibility index (Phi) is 5.47. The summed E-state index contributed by atoms with van der Waals surface area (Å²) in [6.45, 7) is 2.75. The van der Waals surface area contributed by atoms with Crippen molar-refractivity contribution in [3.8, 4) is 17.2 Å². The Morgan fingerprint density at radius 3 is 2.53 bits per heavy atom. The van der Waals surface area contributed by atoms with Crippen molar-refractivity contribution in [2.75, 3.05) is 50.7 Å². The first-order chi connectivity index (χ1) is 15.8.